The van der Waals surface area contributed by atoms with Gasteiger partial charge in [0.15, 0.2) is 0 Å². The first-order valence-electron chi connectivity index (χ1n) is 6.26. The van der Waals surface area contributed by atoms with E-state index in [4.69, 9.17) is 4.74 Å². The molecule has 2 heteroatoms. The molecular formula is C15H23NO. The molecule has 0 saturated carbocycles. The van der Waals surface area contributed by atoms with Crippen molar-refractivity contribution in [1.29, 1.82) is 0 Å². The molecule has 1 atom stereocenters. The van der Waals surface area contributed by atoms with E-state index in [1.807, 2.05) is 18.2 Å². The molecule has 2 nitrogen and oxygen atoms in total. The maximum Gasteiger partial charge on any atom is 0.119 e. The number of ether oxygens (including phenoxy) is 1. The van der Waals surface area contributed by atoms with Crippen LogP contribution < -0.4 is 10.1 Å². The third-order valence-corrected chi connectivity index (χ3v) is 2.66. The molecule has 0 saturated heterocycles. The summed E-state index contributed by atoms with van der Waals surface area (Å²) in [4.78, 5) is 0. The van der Waals surface area contributed by atoms with Gasteiger partial charge in [-0.15, -0.1) is 6.58 Å². The van der Waals surface area contributed by atoms with Crippen molar-refractivity contribution in [3.05, 3.63) is 42.5 Å². The molecule has 1 aromatic carbocycles. The quantitative estimate of drug-likeness (QED) is 0.549. The fraction of sp³-hybridized carbons (Fsp3) is 0.467. The third-order valence-electron chi connectivity index (χ3n) is 2.66. The second-order valence-corrected chi connectivity index (χ2v) is 4.39. The summed E-state index contributed by atoms with van der Waals surface area (Å²) in [5.41, 5.74) is 1.23. The van der Waals surface area contributed by atoms with Crippen molar-refractivity contribution >= 4 is 0 Å². The summed E-state index contributed by atoms with van der Waals surface area (Å²) >= 11 is 0. The zero-order valence-corrected chi connectivity index (χ0v) is 10.9. The standard InChI is InChI=1S/C15H23NO/c1-4-5-8-14(3)16-10-11-17-15-9-6-7-13(2)12-15/h4,6-7,9,12,14,16H,1,5,8,10-11H2,2-3H3. The van der Waals surface area contributed by atoms with Gasteiger partial charge in [0.2, 0.25) is 0 Å². The predicted octanol–water partition coefficient (Wildman–Crippen LogP) is 3.32. The van der Waals surface area contributed by atoms with E-state index < -0.39 is 0 Å². The lowest BCUT2D eigenvalue weighted by Crippen LogP contribution is -2.30. The fourth-order valence-corrected chi connectivity index (χ4v) is 1.65. The van der Waals surface area contributed by atoms with Crippen LogP contribution in [0.2, 0.25) is 0 Å². The van der Waals surface area contributed by atoms with Crippen LogP contribution in [0.3, 0.4) is 0 Å². The van der Waals surface area contributed by atoms with Crippen molar-refractivity contribution in [3.8, 4) is 5.75 Å². The first kappa shape index (κ1) is 13.8. The van der Waals surface area contributed by atoms with E-state index in [-0.39, 0.29) is 0 Å². The van der Waals surface area contributed by atoms with E-state index in [0.29, 0.717) is 12.6 Å². The average Bonchev–Trinajstić information content (AvgIpc) is 2.32. The molecular weight excluding hydrogens is 210 g/mol. The molecule has 0 fully saturated rings. The van der Waals surface area contributed by atoms with Gasteiger partial charge in [0, 0.05) is 12.6 Å². The van der Waals surface area contributed by atoms with Gasteiger partial charge in [-0.3, -0.25) is 0 Å². The minimum atomic E-state index is 0.522. The molecule has 1 rings (SSSR count). The van der Waals surface area contributed by atoms with Crippen molar-refractivity contribution in [1.82, 2.24) is 5.32 Å². The van der Waals surface area contributed by atoms with Gasteiger partial charge in [-0.1, -0.05) is 18.2 Å². The molecule has 0 aliphatic rings. The largest absolute Gasteiger partial charge is 0.492 e. The zero-order valence-electron chi connectivity index (χ0n) is 10.9. The van der Waals surface area contributed by atoms with Crippen LogP contribution >= 0.6 is 0 Å². The van der Waals surface area contributed by atoms with Gasteiger partial charge in [-0.25, -0.2) is 0 Å². The first-order chi connectivity index (χ1) is 8.22. The summed E-state index contributed by atoms with van der Waals surface area (Å²) < 4.78 is 5.66. The van der Waals surface area contributed by atoms with Gasteiger partial charge >= 0.3 is 0 Å². The molecule has 0 spiro atoms. The fourth-order valence-electron chi connectivity index (χ4n) is 1.65. The van der Waals surface area contributed by atoms with Gasteiger partial charge in [-0.05, 0) is 44.4 Å². The van der Waals surface area contributed by atoms with Crippen molar-refractivity contribution in [2.24, 2.45) is 0 Å². The predicted molar refractivity (Wildman–Crippen MR) is 73.6 cm³/mol. The highest BCUT2D eigenvalue weighted by Gasteiger charge is 1.99. The van der Waals surface area contributed by atoms with E-state index in [2.05, 4.69) is 37.9 Å². The number of rotatable bonds is 8. The van der Waals surface area contributed by atoms with E-state index in [0.717, 1.165) is 25.1 Å². The van der Waals surface area contributed by atoms with Gasteiger partial charge in [0.1, 0.15) is 12.4 Å². The number of allylic oxidation sites excluding steroid dienone is 1. The highest BCUT2D eigenvalue weighted by Crippen LogP contribution is 2.11. The van der Waals surface area contributed by atoms with E-state index >= 15 is 0 Å². The molecule has 1 N–H and O–H groups in total. The van der Waals surface area contributed by atoms with Crippen molar-refractivity contribution < 1.29 is 4.74 Å². The maximum atomic E-state index is 5.66. The van der Waals surface area contributed by atoms with Crippen LogP contribution in [0.5, 0.6) is 5.75 Å². The summed E-state index contributed by atoms with van der Waals surface area (Å²) in [5.74, 6) is 0.950. The summed E-state index contributed by atoms with van der Waals surface area (Å²) in [6, 6.07) is 8.66. The highest BCUT2D eigenvalue weighted by atomic mass is 16.5. The minimum absolute atomic E-state index is 0.522. The Kier molecular flexibility index (Phi) is 6.41. The van der Waals surface area contributed by atoms with E-state index in [1.54, 1.807) is 0 Å². The van der Waals surface area contributed by atoms with Crippen LogP contribution in [0.4, 0.5) is 0 Å². The molecule has 17 heavy (non-hydrogen) atoms. The monoisotopic (exact) mass is 233 g/mol. The molecule has 0 bridgehead atoms. The SMILES string of the molecule is C=CCCC(C)NCCOc1cccc(C)c1. The molecule has 94 valence electrons. The van der Waals surface area contributed by atoms with Crippen LogP contribution in [-0.2, 0) is 0 Å². The van der Waals surface area contributed by atoms with Crippen molar-refractivity contribution in [2.75, 3.05) is 13.2 Å². The lowest BCUT2D eigenvalue weighted by molar-refractivity contribution is 0.305. The molecule has 0 radical (unpaired) electrons. The van der Waals surface area contributed by atoms with Crippen LogP contribution in [0, 0.1) is 6.92 Å². The summed E-state index contributed by atoms with van der Waals surface area (Å²) in [7, 11) is 0. The van der Waals surface area contributed by atoms with E-state index in [9.17, 15) is 0 Å². The Labute approximate surface area is 105 Å². The number of aryl methyl sites for hydroxylation is 1. The van der Waals surface area contributed by atoms with Crippen LogP contribution in [0.15, 0.2) is 36.9 Å². The Morgan fingerprint density at radius 3 is 3.00 bits per heavy atom. The van der Waals surface area contributed by atoms with Crippen molar-refractivity contribution in [3.63, 3.8) is 0 Å². The Balaban J connectivity index is 2.13. The molecule has 1 aromatic rings. The normalized spacial score (nSPS) is 12.1. The maximum absolute atomic E-state index is 5.66. The number of nitrogens with one attached hydrogen (secondary N) is 1. The van der Waals surface area contributed by atoms with Crippen LogP contribution in [-0.4, -0.2) is 19.2 Å². The molecule has 0 aromatic heterocycles. The van der Waals surface area contributed by atoms with Gasteiger partial charge in [-0.2, -0.15) is 0 Å². The van der Waals surface area contributed by atoms with Crippen molar-refractivity contribution in [2.45, 2.75) is 32.7 Å². The minimum Gasteiger partial charge on any atom is -0.492 e. The smallest absolute Gasteiger partial charge is 0.119 e. The molecule has 0 amide bonds. The third kappa shape index (κ3) is 6.12. The number of hydrogen-bond donors (Lipinski definition) is 1. The average molecular weight is 233 g/mol. The summed E-state index contributed by atoms with van der Waals surface area (Å²) in [6.07, 6.45) is 4.16. The second kappa shape index (κ2) is 7.91. The van der Waals surface area contributed by atoms with Gasteiger partial charge < -0.3 is 10.1 Å². The Morgan fingerprint density at radius 1 is 1.47 bits per heavy atom. The Bertz CT molecular complexity index is 335. The van der Waals surface area contributed by atoms with E-state index in [1.165, 1.54) is 5.56 Å². The molecule has 0 aliphatic heterocycles. The second-order valence-electron chi connectivity index (χ2n) is 4.39. The zero-order chi connectivity index (χ0) is 12.5. The lowest BCUT2D eigenvalue weighted by atomic mass is 10.2. The molecule has 0 aliphatic carbocycles. The lowest BCUT2D eigenvalue weighted by Gasteiger charge is -2.13. The highest BCUT2D eigenvalue weighted by molar-refractivity contribution is 5.27. The topological polar surface area (TPSA) is 21.3 Å². The molecule has 1 unspecified atom stereocenters. The van der Waals surface area contributed by atoms with Crippen LogP contribution in [0.1, 0.15) is 25.3 Å². The van der Waals surface area contributed by atoms with Crippen LogP contribution in [0.25, 0.3) is 0 Å². The summed E-state index contributed by atoms with van der Waals surface area (Å²) in [6.45, 7) is 9.58. The first-order valence-corrected chi connectivity index (χ1v) is 6.26. The van der Waals surface area contributed by atoms with Gasteiger partial charge in [0.05, 0.1) is 0 Å². The Hall–Kier alpha value is -1.28. The summed E-state index contributed by atoms with van der Waals surface area (Å²) in [5, 5.41) is 3.43. The van der Waals surface area contributed by atoms with Gasteiger partial charge in [0.25, 0.3) is 0 Å². The Morgan fingerprint density at radius 2 is 2.29 bits per heavy atom. The molecule has 0 heterocycles. The number of hydrogen-bond acceptors (Lipinski definition) is 2. The number of benzene rings is 1.